The highest BCUT2D eigenvalue weighted by atomic mass is 35.5. The summed E-state index contributed by atoms with van der Waals surface area (Å²) >= 11 is 13.3. The van der Waals surface area contributed by atoms with Crippen LogP contribution in [0.15, 0.2) is 53.7 Å². The first-order valence-electron chi connectivity index (χ1n) is 8.70. The summed E-state index contributed by atoms with van der Waals surface area (Å²) in [4.78, 5) is 13.9. The van der Waals surface area contributed by atoms with Crippen LogP contribution in [-0.2, 0) is 4.79 Å². The first-order valence-corrected chi connectivity index (χ1v) is 10.4. The van der Waals surface area contributed by atoms with E-state index in [0.717, 1.165) is 11.3 Å². The Morgan fingerprint density at radius 3 is 2.34 bits per heavy atom. The Kier molecular flexibility index (Phi) is 7.15. The molecule has 0 N–H and O–H groups in total. The quantitative estimate of drug-likeness (QED) is 0.492. The summed E-state index contributed by atoms with van der Waals surface area (Å²) in [6.45, 7) is 0.399. The molecule has 0 bridgehead atoms. The van der Waals surface area contributed by atoms with E-state index in [1.807, 2.05) is 34.9 Å². The van der Waals surface area contributed by atoms with E-state index in [4.69, 9.17) is 28.5 Å². The number of amides is 1. The Bertz CT molecular complexity index is 1030. The summed E-state index contributed by atoms with van der Waals surface area (Å²) in [7, 11) is 1.68. The van der Waals surface area contributed by atoms with E-state index in [1.54, 1.807) is 36.2 Å². The number of rotatable bonds is 7. The Morgan fingerprint density at radius 1 is 1.10 bits per heavy atom. The number of aromatic nitrogens is 3. The maximum Gasteiger partial charge on any atom is 0.232 e. The van der Waals surface area contributed by atoms with E-state index in [9.17, 15) is 4.79 Å². The molecule has 148 valence electrons. The third-order valence-electron chi connectivity index (χ3n) is 4.13. The number of carbonyl (C=O) groups is 1. The fraction of sp³-hybridized carbons (Fsp3) is 0.200. The van der Waals surface area contributed by atoms with Gasteiger partial charge in [-0.25, -0.2) is 0 Å². The minimum atomic E-state index is -0.0797. The highest BCUT2D eigenvalue weighted by molar-refractivity contribution is 7.99. The molecule has 3 aromatic rings. The standard InChI is InChI=1S/C20H17Cl2N5OS/c1-26(12-2-11-23)18(28)13-29-20-25-24-19(14-3-5-15(21)6-4-14)27(20)17-9-7-16(22)8-10-17/h3-10H,2,12-13H2,1H3. The zero-order valence-corrected chi connectivity index (χ0v) is 17.9. The number of hydrogen-bond donors (Lipinski definition) is 0. The lowest BCUT2D eigenvalue weighted by molar-refractivity contribution is -0.127. The second-order valence-corrected chi connectivity index (χ2v) is 7.95. The molecule has 9 heteroatoms. The van der Waals surface area contributed by atoms with Gasteiger partial charge in [0.25, 0.3) is 0 Å². The van der Waals surface area contributed by atoms with Gasteiger partial charge in [-0.05, 0) is 48.5 Å². The number of carbonyl (C=O) groups excluding carboxylic acids is 1. The van der Waals surface area contributed by atoms with Crippen molar-refractivity contribution in [2.24, 2.45) is 0 Å². The summed E-state index contributed by atoms with van der Waals surface area (Å²) < 4.78 is 1.88. The lowest BCUT2D eigenvalue weighted by Crippen LogP contribution is -2.29. The van der Waals surface area contributed by atoms with Gasteiger partial charge in [-0.2, -0.15) is 5.26 Å². The van der Waals surface area contributed by atoms with Crippen molar-refractivity contribution < 1.29 is 4.79 Å². The van der Waals surface area contributed by atoms with Crippen LogP contribution in [0.4, 0.5) is 0 Å². The van der Waals surface area contributed by atoms with E-state index in [1.165, 1.54) is 11.8 Å². The van der Waals surface area contributed by atoms with E-state index >= 15 is 0 Å². The van der Waals surface area contributed by atoms with Gasteiger partial charge < -0.3 is 4.90 Å². The van der Waals surface area contributed by atoms with Crippen LogP contribution in [0, 0.1) is 11.3 Å². The normalized spacial score (nSPS) is 10.6. The van der Waals surface area contributed by atoms with Gasteiger partial charge in [0.15, 0.2) is 11.0 Å². The van der Waals surface area contributed by atoms with Crippen molar-refractivity contribution in [2.75, 3.05) is 19.3 Å². The van der Waals surface area contributed by atoms with Gasteiger partial charge in [0.05, 0.1) is 18.2 Å². The zero-order valence-electron chi connectivity index (χ0n) is 15.5. The smallest absolute Gasteiger partial charge is 0.232 e. The minimum absolute atomic E-state index is 0.0797. The molecule has 0 aliphatic carbocycles. The summed E-state index contributed by atoms with van der Waals surface area (Å²) in [6.07, 6.45) is 0.300. The van der Waals surface area contributed by atoms with Crippen molar-refractivity contribution in [1.82, 2.24) is 19.7 Å². The molecule has 0 saturated carbocycles. The Labute approximate surface area is 183 Å². The molecule has 1 aromatic heterocycles. The molecule has 2 aromatic carbocycles. The average Bonchev–Trinajstić information content (AvgIpc) is 3.15. The van der Waals surface area contributed by atoms with Crippen molar-refractivity contribution >= 4 is 40.9 Å². The largest absolute Gasteiger partial charge is 0.344 e. The van der Waals surface area contributed by atoms with Crippen LogP contribution < -0.4 is 0 Å². The minimum Gasteiger partial charge on any atom is -0.344 e. The molecule has 0 atom stereocenters. The highest BCUT2D eigenvalue weighted by Gasteiger charge is 2.18. The first kappa shape index (κ1) is 21.2. The molecular formula is C20H17Cl2N5OS. The molecule has 0 unspecified atom stereocenters. The maximum atomic E-state index is 12.3. The van der Waals surface area contributed by atoms with Crippen LogP contribution in [0.1, 0.15) is 6.42 Å². The van der Waals surface area contributed by atoms with Crippen LogP contribution in [0.25, 0.3) is 17.1 Å². The molecule has 0 spiro atoms. The van der Waals surface area contributed by atoms with E-state index in [0.29, 0.717) is 34.0 Å². The van der Waals surface area contributed by atoms with Crippen molar-refractivity contribution in [1.29, 1.82) is 5.26 Å². The Morgan fingerprint density at radius 2 is 1.72 bits per heavy atom. The van der Waals surface area contributed by atoms with E-state index in [2.05, 4.69) is 10.2 Å². The Balaban J connectivity index is 1.91. The zero-order chi connectivity index (χ0) is 20.8. The van der Waals surface area contributed by atoms with E-state index in [-0.39, 0.29) is 11.7 Å². The van der Waals surface area contributed by atoms with Gasteiger partial charge in [0.1, 0.15) is 0 Å². The van der Waals surface area contributed by atoms with Crippen molar-refractivity contribution in [3.8, 4) is 23.1 Å². The van der Waals surface area contributed by atoms with Crippen LogP contribution in [0.2, 0.25) is 10.0 Å². The summed E-state index contributed by atoms with van der Waals surface area (Å²) in [6, 6.07) is 16.7. The van der Waals surface area contributed by atoms with Crippen molar-refractivity contribution in [3.05, 3.63) is 58.6 Å². The third kappa shape index (κ3) is 5.30. The number of thioether (sulfide) groups is 1. The lowest BCUT2D eigenvalue weighted by Gasteiger charge is -2.15. The molecule has 0 radical (unpaired) electrons. The van der Waals surface area contributed by atoms with Gasteiger partial charge in [0, 0.05) is 34.9 Å². The van der Waals surface area contributed by atoms with Crippen LogP contribution in [0.3, 0.4) is 0 Å². The van der Waals surface area contributed by atoms with Crippen LogP contribution in [-0.4, -0.2) is 44.9 Å². The summed E-state index contributed by atoms with van der Waals surface area (Å²) in [5, 5.41) is 19.1. The fourth-order valence-electron chi connectivity index (χ4n) is 2.55. The molecule has 29 heavy (non-hydrogen) atoms. The molecule has 1 amide bonds. The topological polar surface area (TPSA) is 74.8 Å². The van der Waals surface area contributed by atoms with Gasteiger partial charge in [-0.3, -0.25) is 9.36 Å². The van der Waals surface area contributed by atoms with Crippen LogP contribution in [0.5, 0.6) is 0 Å². The Hall–Kier alpha value is -2.53. The van der Waals surface area contributed by atoms with Gasteiger partial charge in [0.2, 0.25) is 5.91 Å². The summed E-state index contributed by atoms with van der Waals surface area (Å²) in [5.74, 6) is 0.745. The number of nitriles is 1. The molecule has 3 rings (SSSR count). The predicted octanol–water partition coefficient (Wildman–Crippen LogP) is 4.71. The second kappa shape index (κ2) is 9.79. The lowest BCUT2D eigenvalue weighted by atomic mass is 10.2. The fourth-order valence-corrected chi connectivity index (χ4v) is 3.70. The predicted molar refractivity (Wildman–Crippen MR) is 115 cm³/mol. The molecule has 0 saturated heterocycles. The number of halogens is 2. The van der Waals surface area contributed by atoms with Gasteiger partial charge >= 0.3 is 0 Å². The van der Waals surface area contributed by atoms with Gasteiger partial charge in [-0.15, -0.1) is 10.2 Å². The molecule has 0 aliphatic rings. The van der Waals surface area contributed by atoms with Crippen molar-refractivity contribution in [3.63, 3.8) is 0 Å². The first-order chi connectivity index (χ1) is 14.0. The third-order valence-corrected chi connectivity index (χ3v) is 5.55. The summed E-state index contributed by atoms with van der Waals surface area (Å²) in [5.41, 5.74) is 1.68. The number of nitrogens with zero attached hydrogens (tertiary/aromatic N) is 5. The maximum absolute atomic E-state index is 12.3. The van der Waals surface area contributed by atoms with Crippen molar-refractivity contribution in [2.45, 2.75) is 11.6 Å². The molecule has 0 fully saturated rings. The molecular weight excluding hydrogens is 429 g/mol. The molecule has 1 heterocycles. The monoisotopic (exact) mass is 445 g/mol. The average molecular weight is 446 g/mol. The second-order valence-electron chi connectivity index (χ2n) is 6.14. The van der Waals surface area contributed by atoms with E-state index < -0.39 is 0 Å². The molecule has 0 aliphatic heterocycles. The highest BCUT2D eigenvalue weighted by Crippen LogP contribution is 2.29. The van der Waals surface area contributed by atoms with Crippen LogP contribution >= 0.6 is 35.0 Å². The number of hydrogen-bond acceptors (Lipinski definition) is 5. The molecule has 6 nitrogen and oxygen atoms in total. The van der Waals surface area contributed by atoms with Gasteiger partial charge in [-0.1, -0.05) is 35.0 Å². The SMILES string of the molecule is CN(CCC#N)C(=O)CSc1nnc(-c2ccc(Cl)cc2)n1-c1ccc(Cl)cc1. The number of benzene rings is 2.